The van der Waals surface area contributed by atoms with Crippen LogP contribution in [0.1, 0.15) is 27.2 Å². The summed E-state index contributed by atoms with van der Waals surface area (Å²) in [6, 6.07) is 15.3. The maximum atomic E-state index is 13.4. The molecule has 0 atom stereocenters. The molecule has 0 spiro atoms. The van der Waals surface area contributed by atoms with E-state index in [-0.39, 0.29) is 23.6 Å². The normalized spacial score (nSPS) is 10.9. The van der Waals surface area contributed by atoms with Gasteiger partial charge in [-0.25, -0.2) is 14.2 Å². The van der Waals surface area contributed by atoms with Gasteiger partial charge in [-0.3, -0.25) is 4.79 Å². The molecule has 168 valence electrons. The second-order valence-corrected chi connectivity index (χ2v) is 7.83. The van der Waals surface area contributed by atoms with Crippen molar-refractivity contribution in [3.8, 4) is 11.3 Å². The van der Waals surface area contributed by atoms with E-state index >= 15 is 0 Å². The van der Waals surface area contributed by atoms with Gasteiger partial charge in [0.2, 0.25) is 0 Å². The van der Waals surface area contributed by atoms with E-state index in [0.29, 0.717) is 22.3 Å². The molecule has 7 nitrogen and oxygen atoms in total. The molecule has 0 N–H and O–H groups in total. The zero-order valence-electron chi connectivity index (χ0n) is 18.5. The molecule has 0 saturated heterocycles. The summed E-state index contributed by atoms with van der Waals surface area (Å²) < 4.78 is 24.0. The standard InChI is InChI=1S/C25H22FN3O4/c1-15-7-9-18(10-8-15)21-12-20(23-16(2)28-33-24(23)27-21)25(31)32-14-22(30)29(3)13-17-5-4-6-19(26)11-17/h4-12H,13-14H2,1-3H3. The number of aromatic nitrogens is 2. The first-order valence-electron chi connectivity index (χ1n) is 10.3. The van der Waals surface area contributed by atoms with Gasteiger partial charge >= 0.3 is 5.97 Å². The number of fused-ring (bicyclic) bond motifs is 1. The number of pyridine rings is 1. The number of nitrogens with zero attached hydrogens (tertiary/aromatic N) is 3. The number of aryl methyl sites for hydroxylation is 2. The summed E-state index contributed by atoms with van der Waals surface area (Å²) in [5, 5.41) is 4.36. The minimum Gasteiger partial charge on any atom is -0.452 e. The zero-order chi connectivity index (χ0) is 23.5. The van der Waals surface area contributed by atoms with Gasteiger partial charge in [-0.15, -0.1) is 0 Å². The Kier molecular flexibility index (Phi) is 6.17. The molecule has 0 aliphatic rings. The van der Waals surface area contributed by atoms with E-state index in [2.05, 4.69) is 10.1 Å². The Labute approximate surface area is 189 Å². The fourth-order valence-electron chi connectivity index (χ4n) is 3.44. The van der Waals surface area contributed by atoms with Crippen molar-refractivity contribution >= 4 is 23.0 Å². The minimum absolute atomic E-state index is 0.190. The van der Waals surface area contributed by atoms with Crippen molar-refractivity contribution in [2.75, 3.05) is 13.7 Å². The van der Waals surface area contributed by atoms with Gasteiger partial charge in [0, 0.05) is 19.2 Å². The van der Waals surface area contributed by atoms with Gasteiger partial charge in [0.1, 0.15) is 5.82 Å². The molecule has 0 aliphatic carbocycles. The van der Waals surface area contributed by atoms with Crippen molar-refractivity contribution in [2.24, 2.45) is 0 Å². The van der Waals surface area contributed by atoms with Crippen molar-refractivity contribution < 1.29 is 23.2 Å². The van der Waals surface area contributed by atoms with E-state index in [4.69, 9.17) is 9.26 Å². The number of likely N-dealkylation sites (N-methyl/N-ethyl adjacent to an activating group) is 1. The number of halogens is 1. The molecule has 2 aromatic carbocycles. The molecule has 8 heteroatoms. The van der Waals surface area contributed by atoms with Gasteiger partial charge in [-0.05, 0) is 37.6 Å². The Morgan fingerprint density at radius 3 is 2.58 bits per heavy atom. The van der Waals surface area contributed by atoms with E-state index in [9.17, 15) is 14.0 Å². The Balaban J connectivity index is 1.53. The highest BCUT2D eigenvalue weighted by Gasteiger charge is 2.22. The molecular weight excluding hydrogens is 425 g/mol. The second kappa shape index (κ2) is 9.20. The van der Waals surface area contributed by atoms with E-state index in [0.717, 1.165) is 11.1 Å². The SMILES string of the molecule is Cc1ccc(-c2cc(C(=O)OCC(=O)N(C)Cc3cccc(F)c3)c3c(C)noc3n2)cc1. The number of hydrogen-bond acceptors (Lipinski definition) is 6. The van der Waals surface area contributed by atoms with Crippen LogP contribution < -0.4 is 0 Å². The van der Waals surface area contributed by atoms with Crippen LogP contribution in [0.2, 0.25) is 0 Å². The number of amides is 1. The molecule has 4 aromatic rings. The molecule has 33 heavy (non-hydrogen) atoms. The number of hydrogen-bond donors (Lipinski definition) is 0. The van der Waals surface area contributed by atoms with Gasteiger partial charge in [-0.2, -0.15) is 0 Å². The van der Waals surface area contributed by atoms with Crippen LogP contribution in [0.25, 0.3) is 22.4 Å². The maximum absolute atomic E-state index is 13.4. The summed E-state index contributed by atoms with van der Waals surface area (Å²) in [6.45, 7) is 3.41. The monoisotopic (exact) mass is 447 g/mol. The predicted octanol–water partition coefficient (Wildman–Crippen LogP) is 4.46. The Bertz CT molecular complexity index is 1330. The maximum Gasteiger partial charge on any atom is 0.339 e. The summed E-state index contributed by atoms with van der Waals surface area (Å²) in [6.07, 6.45) is 0. The molecule has 0 radical (unpaired) electrons. The van der Waals surface area contributed by atoms with Gasteiger partial charge in [-0.1, -0.05) is 47.1 Å². The molecule has 2 aromatic heterocycles. The second-order valence-electron chi connectivity index (χ2n) is 7.83. The molecule has 4 rings (SSSR count). The largest absolute Gasteiger partial charge is 0.452 e. The zero-order valence-corrected chi connectivity index (χ0v) is 18.5. The van der Waals surface area contributed by atoms with Crippen LogP contribution in [-0.4, -0.2) is 40.6 Å². The van der Waals surface area contributed by atoms with Gasteiger partial charge in [0.25, 0.3) is 11.6 Å². The highest BCUT2D eigenvalue weighted by atomic mass is 19.1. The van der Waals surface area contributed by atoms with Crippen LogP contribution in [0, 0.1) is 19.7 Å². The van der Waals surface area contributed by atoms with Gasteiger partial charge < -0.3 is 14.2 Å². The summed E-state index contributed by atoms with van der Waals surface area (Å²) >= 11 is 0. The number of rotatable bonds is 6. The smallest absolute Gasteiger partial charge is 0.339 e. The summed E-state index contributed by atoms with van der Waals surface area (Å²) in [5.74, 6) is -1.48. The van der Waals surface area contributed by atoms with Crippen molar-refractivity contribution in [3.63, 3.8) is 0 Å². The summed E-state index contributed by atoms with van der Waals surface area (Å²) in [5.41, 5.74) is 3.99. The van der Waals surface area contributed by atoms with E-state index in [1.54, 1.807) is 32.2 Å². The molecule has 2 heterocycles. The third-order valence-electron chi connectivity index (χ3n) is 5.25. The lowest BCUT2D eigenvalue weighted by atomic mass is 10.0. The average molecular weight is 447 g/mol. The topological polar surface area (TPSA) is 85.5 Å². The van der Waals surface area contributed by atoms with Crippen molar-refractivity contribution in [1.82, 2.24) is 15.0 Å². The lowest BCUT2D eigenvalue weighted by Gasteiger charge is -2.17. The quantitative estimate of drug-likeness (QED) is 0.406. The van der Waals surface area contributed by atoms with Crippen LogP contribution in [0.15, 0.2) is 59.1 Å². The number of esters is 1. The highest BCUT2D eigenvalue weighted by Crippen LogP contribution is 2.27. The first-order chi connectivity index (χ1) is 15.8. The van der Waals surface area contributed by atoms with Crippen LogP contribution in [0.4, 0.5) is 4.39 Å². The Morgan fingerprint density at radius 1 is 1.09 bits per heavy atom. The van der Waals surface area contributed by atoms with Crippen molar-refractivity contribution in [3.05, 3.63) is 82.8 Å². The fourth-order valence-corrected chi connectivity index (χ4v) is 3.44. The van der Waals surface area contributed by atoms with Gasteiger partial charge in [0.05, 0.1) is 22.3 Å². The summed E-state index contributed by atoms with van der Waals surface area (Å²) in [7, 11) is 1.56. The highest BCUT2D eigenvalue weighted by molar-refractivity contribution is 6.04. The molecular formula is C25H22FN3O4. The molecule has 0 saturated carbocycles. The molecule has 0 unspecified atom stereocenters. The number of carbonyl (C=O) groups excluding carboxylic acids is 2. The lowest BCUT2D eigenvalue weighted by Crippen LogP contribution is -2.30. The van der Waals surface area contributed by atoms with Crippen LogP contribution in [0.3, 0.4) is 0 Å². The lowest BCUT2D eigenvalue weighted by molar-refractivity contribution is -0.133. The first-order valence-corrected chi connectivity index (χ1v) is 10.3. The van der Waals surface area contributed by atoms with Crippen molar-refractivity contribution in [2.45, 2.75) is 20.4 Å². The Morgan fingerprint density at radius 2 is 1.85 bits per heavy atom. The number of ether oxygens (including phenoxy) is 1. The van der Waals surface area contributed by atoms with E-state index in [1.807, 2.05) is 31.2 Å². The third-order valence-corrected chi connectivity index (χ3v) is 5.25. The average Bonchev–Trinajstić information content (AvgIpc) is 3.17. The summed E-state index contributed by atoms with van der Waals surface area (Å²) in [4.78, 5) is 31.3. The molecule has 1 amide bonds. The minimum atomic E-state index is -0.686. The van der Waals surface area contributed by atoms with Crippen LogP contribution in [-0.2, 0) is 16.1 Å². The third kappa shape index (κ3) is 4.90. The van der Waals surface area contributed by atoms with Crippen LogP contribution >= 0.6 is 0 Å². The first kappa shape index (κ1) is 22.1. The van der Waals surface area contributed by atoms with E-state index < -0.39 is 18.5 Å². The Hall–Kier alpha value is -4.07. The van der Waals surface area contributed by atoms with Gasteiger partial charge in [0.15, 0.2) is 6.61 Å². The van der Waals surface area contributed by atoms with Crippen molar-refractivity contribution in [1.29, 1.82) is 0 Å². The number of benzene rings is 2. The van der Waals surface area contributed by atoms with E-state index in [1.165, 1.54) is 17.0 Å². The predicted molar refractivity (Wildman–Crippen MR) is 120 cm³/mol. The fraction of sp³-hybridized carbons (Fsp3) is 0.200. The van der Waals surface area contributed by atoms with Crippen LogP contribution in [0.5, 0.6) is 0 Å². The molecule has 0 fully saturated rings. The number of carbonyl (C=O) groups is 2. The molecule has 0 aliphatic heterocycles. The molecule has 0 bridgehead atoms.